The third-order valence-electron chi connectivity index (χ3n) is 2.46. The lowest BCUT2D eigenvalue weighted by molar-refractivity contribution is -0.139. The predicted molar refractivity (Wildman–Crippen MR) is 85.9 cm³/mol. The van der Waals surface area contributed by atoms with E-state index in [2.05, 4.69) is 5.32 Å². The Labute approximate surface area is 137 Å². The fourth-order valence-electron chi connectivity index (χ4n) is 1.36. The highest BCUT2D eigenvalue weighted by Gasteiger charge is 2.06. The second kappa shape index (κ2) is 13.4. The normalized spacial score (nSPS) is 10.2. The van der Waals surface area contributed by atoms with Crippen LogP contribution in [-0.4, -0.2) is 51.9 Å². The zero-order valence-electron chi connectivity index (χ0n) is 12.2. The van der Waals surface area contributed by atoms with E-state index in [1.165, 1.54) is 0 Å². The van der Waals surface area contributed by atoms with Gasteiger partial charge in [-0.3, -0.25) is 19.2 Å². The standard InChI is InChI=1S/C13H21NO6S2/c15-10(3-5-12(17)18)2-1-8-21-22-9-7-14-11(16)4-6-13(19)20/h1-9H2,(H,14,16)(H,17,18)(H,19,20). The summed E-state index contributed by atoms with van der Waals surface area (Å²) in [6.45, 7) is 0.480. The van der Waals surface area contributed by atoms with Gasteiger partial charge in [0.2, 0.25) is 5.91 Å². The maximum atomic E-state index is 11.3. The van der Waals surface area contributed by atoms with Crippen LogP contribution in [0.5, 0.6) is 0 Å². The van der Waals surface area contributed by atoms with Gasteiger partial charge in [0.25, 0.3) is 0 Å². The Kier molecular flexibility index (Phi) is 12.7. The lowest BCUT2D eigenvalue weighted by Gasteiger charge is -2.04. The Hall–Kier alpha value is -1.22. The van der Waals surface area contributed by atoms with E-state index in [-0.39, 0.29) is 37.4 Å². The second-order valence-corrected chi connectivity index (χ2v) is 7.13. The van der Waals surface area contributed by atoms with Crippen molar-refractivity contribution in [3.63, 3.8) is 0 Å². The minimum absolute atomic E-state index is 0.00834. The molecule has 0 radical (unpaired) electrons. The van der Waals surface area contributed by atoms with Crippen LogP contribution in [0.2, 0.25) is 0 Å². The number of ketones is 1. The molecule has 0 atom stereocenters. The highest BCUT2D eigenvalue weighted by molar-refractivity contribution is 8.76. The van der Waals surface area contributed by atoms with Crippen molar-refractivity contribution in [1.29, 1.82) is 0 Å². The van der Waals surface area contributed by atoms with Gasteiger partial charge in [0.1, 0.15) is 5.78 Å². The molecule has 0 aromatic carbocycles. The number of hydrogen-bond acceptors (Lipinski definition) is 6. The van der Waals surface area contributed by atoms with Crippen LogP contribution in [-0.2, 0) is 19.2 Å². The van der Waals surface area contributed by atoms with Gasteiger partial charge in [-0.15, -0.1) is 0 Å². The van der Waals surface area contributed by atoms with E-state index in [9.17, 15) is 19.2 Å². The quantitative estimate of drug-likeness (QED) is 0.318. The molecule has 1 amide bonds. The van der Waals surface area contributed by atoms with Crippen molar-refractivity contribution >= 4 is 45.2 Å². The number of amides is 1. The van der Waals surface area contributed by atoms with Crippen molar-refractivity contribution in [1.82, 2.24) is 5.32 Å². The molecule has 0 rings (SSSR count). The Morgan fingerprint density at radius 1 is 0.773 bits per heavy atom. The summed E-state index contributed by atoms with van der Waals surface area (Å²) in [4.78, 5) is 43.0. The van der Waals surface area contributed by atoms with Crippen LogP contribution in [0.15, 0.2) is 0 Å². The van der Waals surface area contributed by atoms with Crippen LogP contribution in [0.25, 0.3) is 0 Å². The zero-order valence-corrected chi connectivity index (χ0v) is 13.8. The number of hydrogen-bond donors (Lipinski definition) is 3. The molecule has 0 aliphatic carbocycles. The third-order valence-corrected chi connectivity index (χ3v) is 4.95. The number of aliphatic carboxylic acids is 2. The number of nitrogens with one attached hydrogen (secondary N) is 1. The number of rotatable bonds is 14. The molecule has 0 unspecified atom stereocenters. The average molecular weight is 351 g/mol. The zero-order chi connectivity index (χ0) is 16.8. The van der Waals surface area contributed by atoms with Crippen molar-refractivity contribution < 1.29 is 29.4 Å². The number of carbonyl (C=O) groups excluding carboxylic acids is 2. The van der Waals surface area contributed by atoms with Gasteiger partial charge < -0.3 is 15.5 Å². The monoisotopic (exact) mass is 351 g/mol. The van der Waals surface area contributed by atoms with E-state index in [0.29, 0.717) is 25.1 Å². The minimum atomic E-state index is -0.988. The summed E-state index contributed by atoms with van der Waals surface area (Å²) in [5, 5.41) is 19.5. The molecular formula is C13H21NO6S2. The molecule has 7 nitrogen and oxygen atoms in total. The number of carboxylic acids is 2. The summed E-state index contributed by atoms with van der Waals surface area (Å²) in [5.74, 6) is -0.746. The molecule has 0 aliphatic heterocycles. The summed E-state index contributed by atoms with van der Waals surface area (Å²) in [6, 6.07) is 0. The Bertz CT molecular complexity index is 353. The van der Waals surface area contributed by atoms with Gasteiger partial charge in [-0.25, -0.2) is 0 Å². The molecule has 0 bridgehead atoms. The molecular weight excluding hydrogens is 330 g/mol. The Morgan fingerprint density at radius 2 is 1.36 bits per heavy atom. The van der Waals surface area contributed by atoms with E-state index < -0.39 is 11.9 Å². The smallest absolute Gasteiger partial charge is 0.303 e. The van der Waals surface area contributed by atoms with Gasteiger partial charge >= 0.3 is 11.9 Å². The molecule has 126 valence electrons. The van der Waals surface area contributed by atoms with E-state index in [0.717, 1.165) is 5.75 Å². The van der Waals surface area contributed by atoms with Gasteiger partial charge in [-0.1, -0.05) is 21.6 Å². The third kappa shape index (κ3) is 15.2. The molecule has 0 saturated carbocycles. The SMILES string of the molecule is O=C(O)CCC(=O)CCCSSCCNC(=O)CCC(=O)O. The van der Waals surface area contributed by atoms with Crippen LogP contribution in [0, 0.1) is 0 Å². The lowest BCUT2D eigenvalue weighted by Crippen LogP contribution is -2.25. The van der Waals surface area contributed by atoms with Crippen molar-refractivity contribution in [2.75, 3.05) is 18.1 Å². The maximum Gasteiger partial charge on any atom is 0.303 e. The van der Waals surface area contributed by atoms with Crippen molar-refractivity contribution in [3.8, 4) is 0 Å². The fraction of sp³-hybridized carbons (Fsp3) is 0.692. The van der Waals surface area contributed by atoms with Crippen LogP contribution >= 0.6 is 21.6 Å². The molecule has 0 aromatic heterocycles. The number of carbonyl (C=O) groups is 4. The van der Waals surface area contributed by atoms with Crippen LogP contribution < -0.4 is 5.32 Å². The van der Waals surface area contributed by atoms with Gasteiger partial charge in [-0.05, 0) is 6.42 Å². The Balaban J connectivity index is 3.33. The number of carboxylic acid groups (broad SMARTS) is 2. The summed E-state index contributed by atoms with van der Waals surface area (Å²) in [7, 11) is 3.16. The van der Waals surface area contributed by atoms with Gasteiger partial charge in [0.05, 0.1) is 12.8 Å². The topological polar surface area (TPSA) is 121 Å². The highest BCUT2D eigenvalue weighted by Crippen LogP contribution is 2.21. The van der Waals surface area contributed by atoms with Gasteiger partial charge in [0.15, 0.2) is 0 Å². The second-order valence-electron chi connectivity index (χ2n) is 4.42. The van der Waals surface area contributed by atoms with Crippen LogP contribution in [0.4, 0.5) is 0 Å². The minimum Gasteiger partial charge on any atom is -0.481 e. The predicted octanol–water partition coefficient (Wildman–Crippen LogP) is 1.56. The van der Waals surface area contributed by atoms with Crippen molar-refractivity contribution in [2.45, 2.75) is 38.5 Å². The summed E-state index contributed by atoms with van der Waals surface area (Å²) in [6.07, 6.45) is 0.918. The first-order chi connectivity index (χ1) is 10.4. The number of Topliss-reactive ketones (excluding diaryl/α,β-unsaturated/α-hetero) is 1. The first-order valence-electron chi connectivity index (χ1n) is 6.88. The van der Waals surface area contributed by atoms with Crippen molar-refractivity contribution in [3.05, 3.63) is 0 Å². The first-order valence-corrected chi connectivity index (χ1v) is 9.37. The molecule has 0 spiro atoms. The summed E-state index contributed by atoms with van der Waals surface area (Å²) in [5.41, 5.74) is 0. The highest BCUT2D eigenvalue weighted by atomic mass is 33.1. The molecule has 22 heavy (non-hydrogen) atoms. The molecule has 3 N–H and O–H groups in total. The van der Waals surface area contributed by atoms with Gasteiger partial charge in [-0.2, -0.15) is 0 Å². The van der Waals surface area contributed by atoms with E-state index >= 15 is 0 Å². The molecule has 0 aliphatic rings. The van der Waals surface area contributed by atoms with E-state index in [1.807, 2.05) is 0 Å². The van der Waals surface area contributed by atoms with E-state index in [1.54, 1.807) is 21.6 Å². The maximum absolute atomic E-state index is 11.3. The molecule has 0 fully saturated rings. The molecule has 0 heterocycles. The van der Waals surface area contributed by atoms with Gasteiger partial charge in [0, 0.05) is 37.3 Å². The Morgan fingerprint density at radius 3 is 2.00 bits per heavy atom. The molecule has 0 aromatic rings. The lowest BCUT2D eigenvalue weighted by atomic mass is 10.1. The van der Waals surface area contributed by atoms with Crippen molar-refractivity contribution in [2.24, 2.45) is 0 Å². The first kappa shape index (κ1) is 20.8. The van der Waals surface area contributed by atoms with Crippen LogP contribution in [0.3, 0.4) is 0 Å². The molecule has 0 saturated heterocycles. The molecule has 9 heteroatoms. The average Bonchev–Trinajstić information content (AvgIpc) is 2.45. The van der Waals surface area contributed by atoms with E-state index in [4.69, 9.17) is 10.2 Å². The summed E-state index contributed by atoms with van der Waals surface area (Å²) < 4.78 is 0. The summed E-state index contributed by atoms with van der Waals surface area (Å²) >= 11 is 0. The largest absolute Gasteiger partial charge is 0.481 e. The fourth-order valence-corrected chi connectivity index (χ4v) is 3.35. The van der Waals surface area contributed by atoms with Crippen LogP contribution in [0.1, 0.15) is 38.5 Å².